The SMILES string of the molecule is COc1cc(OCCN(C)C)cc(OC)c1-c1ccc(C[C@H](NC(=O)c2c(Cl)cccc2Cl)C(=O)O)cc1. The molecule has 0 unspecified atom stereocenters. The number of halogens is 2. The molecule has 202 valence electrons. The van der Waals surface area contributed by atoms with E-state index in [1.54, 1.807) is 44.6 Å². The van der Waals surface area contributed by atoms with Crippen molar-refractivity contribution in [1.82, 2.24) is 10.2 Å². The van der Waals surface area contributed by atoms with Crippen LogP contribution >= 0.6 is 23.2 Å². The summed E-state index contributed by atoms with van der Waals surface area (Å²) in [5, 5.41) is 12.5. The van der Waals surface area contributed by atoms with Gasteiger partial charge in [0.05, 0.1) is 35.4 Å². The first-order valence-electron chi connectivity index (χ1n) is 11.7. The summed E-state index contributed by atoms with van der Waals surface area (Å²) >= 11 is 12.2. The third-order valence-electron chi connectivity index (χ3n) is 5.76. The number of likely N-dealkylation sites (N-methyl/N-ethyl adjacent to an activating group) is 1. The number of carbonyl (C=O) groups is 2. The highest BCUT2D eigenvalue weighted by Crippen LogP contribution is 2.42. The van der Waals surface area contributed by atoms with E-state index in [2.05, 4.69) is 5.32 Å². The van der Waals surface area contributed by atoms with Gasteiger partial charge in [0, 0.05) is 25.1 Å². The summed E-state index contributed by atoms with van der Waals surface area (Å²) in [7, 11) is 7.08. The first-order valence-corrected chi connectivity index (χ1v) is 12.5. The summed E-state index contributed by atoms with van der Waals surface area (Å²) in [5.41, 5.74) is 2.28. The predicted molar refractivity (Wildman–Crippen MR) is 148 cm³/mol. The lowest BCUT2D eigenvalue weighted by molar-refractivity contribution is -0.139. The Balaban J connectivity index is 1.81. The average molecular weight is 561 g/mol. The summed E-state index contributed by atoms with van der Waals surface area (Å²) in [4.78, 5) is 26.7. The number of carboxylic acid groups (broad SMARTS) is 1. The molecule has 8 nitrogen and oxygen atoms in total. The van der Waals surface area contributed by atoms with Crippen LogP contribution in [-0.4, -0.2) is 69.4 Å². The van der Waals surface area contributed by atoms with Gasteiger partial charge in [-0.15, -0.1) is 0 Å². The monoisotopic (exact) mass is 560 g/mol. The lowest BCUT2D eigenvalue weighted by Crippen LogP contribution is -2.42. The second-order valence-corrected chi connectivity index (χ2v) is 9.53. The van der Waals surface area contributed by atoms with Crippen LogP contribution in [0.1, 0.15) is 15.9 Å². The van der Waals surface area contributed by atoms with Crippen LogP contribution in [0.15, 0.2) is 54.6 Å². The number of rotatable bonds is 12. The van der Waals surface area contributed by atoms with Crippen LogP contribution < -0.4 is 19.5 Å². The largest absolute Gasteiger partial charge is 0.496 e. The number of amides is 1. The lowest BCUT2D eigenvalue weighted by Gasteiger charge is -2.18. The number of methoxy groups -OCH3 is 2. The number of ether oxygens (including phenoxy) is 3. The van der Waals surface area contributed by atoms with Gasteiger partial charge in [-0.05, 0) is 37.4 Å². The van der Waals surface area contributed by atoms with E-state index in [1.807, 2.05) is 31.1 Å². The number of hydrogen-bond donors (Lipinski definition) is 2. The van der Waals surface area contributed by atoms with Crippen molar-refractivity contribution in [3.05, 3.63) is 75.8 Å². The number of carboxylic acids is 1. The molecular weight excluding hydrogens is 531 g/mol. The molecule has 1 atom stereocenters. The van der Waals surface area contributed by atoms with Crippen LogP contribution in [0.25, 0.3) is 11.1 Å². The molecule has 0 saturated heterocycles. The molecule has 3 aromatic carbocycles. The van der Waals surface area contributed by atoms with Gasteiger partial charge in [-0.3, -0.25) is 4.79 Å². The molecule has 0 fully saturated rings. The lowest BCUT2D eigenvalue weighted by atomic mass is 9.99. The van der Waals surface area contributed by atoms with Crippen molar-refractivity contribution in [2.24, 2.45) is 0 Å². The fourth-order valence-electron chi connectivity index (χ4n) is 3.79. The van der Waals surface area contributed by atoms with Gasteiger partial charge in [-0.1, -0.05) is 53.5 Å². The Hall–Kier alpha value is -3.46. The molecule has 0 aliphatic heterocycles. The third-order valence-corrected chi connectivity index (χ3v) is 6.39. The Kier molecular flexibility index (Phi) is 10.2. The number of aliphatic carboxylic acids is 1. The van der Waals surface area contributed by atoms with Gasteiger partial charge in [0.1, 0.15) is 29.9 Å². The number of nitrogens with one attached hydrogen (secondary N) is 1. The van der Waals surface area contributed by atoms with Crippen molar-refractivity contribution < 1.29 is 28.9 Å². The van der Waals surface area contributed by atoms with Crippen LogP contribution in [0.2, 0.25) is 10.0 Å². The molecule has 1 amide bonds. The van der Waals surface area contributed by atoms with Gasteiger partial charge < -0.3 is 29.5 Å². The van der Waals surface area contributed by atoms with Gasteiger partial charge in [0.25, 0.3) is 5.91 Å². The number of nitrogens with zero attached hydrogens (tertiary/aromatic N) is 1. The van der Waals surface area contributed by atoms with Gasteiger partial charge in [-0.2, -0.15) is 0 Å². The van der Waals surface area contributed by atoms with E-state index >= 15 is 0 Å². The molecule has 0 aliphatic rings. The Bertz CT molecular complexity index is 1240. The summed E-state index contributed by atoms with van der Waals surface area (Å²) in [6, 6.07) is 14.3. The van der Waals surface area contributed by atoms with Gasteiger partial charge in [0.15, 0.2) is 0 Å². The van der Waals surface area contributed by atoms with E-state index in [1.165, 1.54) is 12.1 Å². The molecule has 3 aromatic rings. The Morgan fingerprint density at radius 1 is 0.974 bits per heavy atom. The topological polar surface area (TPSA) is 97.3 Å². The van der Waals surface area contributed by atoms with Crippen molar-refractivity contribution in [1.29, 1.82) is 0 Å². The van der Waals surface area contributed by atoms with Crippen molar-refractivity contribution >= 4 is 35.1 Å². The highest BCUT2D eigenvalue weighted by Gasteiger charge is 2.24. The fraction of sp³-hybridized carbons (Fsp3) is 0.286. The van der Waals surface area contributed by atoms with Crippen LogP contribution in [0.3, 0.4) is 0 Å². The molecule has 0 saturated carbocycles. The van der Waals surface area contributed by atoms with Gasteiger partial charge >= 0.3 is 5.97 Å². The number of carbonyl (C=O) groups excluding carboxylic acids is 1. The van der Waals surface area contributed by atoms with Gasteiger partial charge in [0.2, 0.25) is 0 Å². The molecule has 0 aliphatic carbocycles. The van der Waals surface area contributed by atoms with Crippen molar-refractivity contribution in [2.45, 2.75) is 12.5 Å². The minimum Gasteiger partial charge on any atom is -0.496 e. The first kappa shape index (κ1) is 29.1. The quantitative estimate of drug-likeness (QED) is 0.320. The van der Waals surface area contributed by atoms with E-state index in [4.69, 9.17) is 37.4 Å². The maximum atomic E-state index is 12.7. The second kappa shape index (κ2) is 13.4. The van der Waals surface area contributed by atoms with Crippen molar-refractivity contribution in [3.63, 3.8) is 0 Å². The minimum absolute atomic E-state index is 0.0331. The molecule has 2 N–H and O–H groups in total. The van der Waals surface area contributed by atoms with E-state index < -0.39 is 17.9 Å². The predicted octanol–water partition coefficient (Wildman–Crippen LogP) is 5.04. The first-order chi connectivity index (χ1) is 18.1. The van der Waals surface area contributed by atoms with Crippen LogP contribution in [0.4, 0.5) is 0 Å². The van der Waals surface area contributed by atoms with Crippen molar-refractivity contribution in [2.75, 3.05) is 41.5 Å². The van der Waals surface area contributed by atoms with Crippen LogP contribution in [0.5, 0.6) is 17.2 Å². The molecule has 0 spiro atoms. The zero-order valence-electron chi connectivity index (χ0n) is 21.6. The van der Waals surface area contributed by atoms with Crippen LogP contribution in [0, 0.1) is 0 Å². The molecule has 0 radical (unpaired) electrons. The third kappa shape index (κ3) is 7.31. The summed E-state index contributed by atoms with van der Waals surface area (Å²) in [6.07, 6.45) is 0.0519. The molecule has 0 bridgehead atoms. The van der Waals surface area contributed by atoms with Gasteiger partial charge in [-0.25, -0.2) is 4.79 Å². The van der Waals surface area contributed by atoms with E-state index in [0.717, 1.165) is 17.7 Å². The normalized spacial score (nSPS) is 11.7. The fourth-order valence-corrected chi connectivity index (χ4v) is 4.36. The zero-order chi connectivity index (χ0) is 27.8. The zero-order valence-corrected chi connectivity index (χ0v) is 23.1. The molecular formula is C28H30Cl2N2O6. The Morgan fingerprint density at radius 3 is 2.05 bits per heavy atom. The molecule has 10 heteroatoms. The minimum atomic E-state index is -1.19. The van der Waals surface area contributed by atoms with Crippen LogP contribution in [-0.2, 0) is 11.2 Å². The summed E-state index contributed by atoms with van der Waals surface area (Å²) in [6.45, 7) is 1.27. The van der Waals surface area contributed by atoms with E-state index in [-0.39, 0.29) is 22.0 Å². The molecule has 38 heavy (non-hydrogen) atoms. The van der Waals surface area contributed by atoms with Crippen molar-refractivity contribution in [3.8, 4) is 28.4 Å². The average Bonchev–Trinajstić information content (AvgIpc) is 2.87. The Morgan fingerprint density at radius 2 is 1.55 bits per heavy atom. The van der Waals surface area contributed by atoms with E-state index in [0.29, 0.717) is 29.4 Å². The number of benzene rings is 3. The standard InChI is InChI=1S/C28H30Cl2N2O6/c1-32(2)12-13-38-19-15-23(36-3)25(24(16-19)37-4)18-10-8-17(9-11-18)14-22(28(34)35)31-27(33)26-20(29)6-5-7-21(26)30/h5-11,15-16,22H,12-14H2,1-4H3,(H,31,33)(H,34,35)/t22-/m0/s1. The van der Waals surface area contributed by atoms with E-state index in [9.17, 15) is 14.7 Å². The molecule has 3 rings (SSSR count). The highest BCUT2D eigenvalue weighted by molar-refractivity contribution is 6.39. The number of hydrogen-bond acceptors (Lipinski definition) is 6. The smallest absolute Gasteiger partial charge is 0.326 e. The molecule has 0 heterocycles. The highest BCUT2D eigenvalue weighted by atomic mass is 35.5. The maximum Gasteiger partial charge on any atom is 0.326 e. The Labute approximate surface area is 232 Å². The summed E-state index contributed by atoms with van der Waals surface area (Å²) in [5.74, 6) is -0.0705. The second-order valence-electron chi connectivity index (χ2n) is 8.72. The summed E-state index contributed by atoms with van der Waals surface area (Å²) < 4.78 is 17.1. The maximum absolute atomic E-state index is 12.7. The molecule has 0 aromatic heterocycles.